The Morgan fingerprint density at radius 2 is 0.754 bits per heavy atom. The third-order valence-electron chi connectivity index (χ3n) is 15.0. The lowest BCUT2D eigenvalue weighted by Gasteiger charge is -2.32. The van der Waals surface area contributed by atoms with Crippen LogP contribution in [0, 0.1) is 0 Å². The van der Waals surface area contributed by atoms with Gasteiger partial charge in [-0.25, -0.2) is 0 Å². The van der Waals surface area contributed by atoms with E-state index in [-0.39, 0.29) is 0 Å². The molecule has 0 fully saturated rings. The minimum atomic E-state index is -0.471. The van der Waals surface area contributed by atoms with Crippen molar-refractivity contribution in [3.63, 3.8) is 0 Å². The molecule has 3 aliphatic carbocycles. The summed E-state index contributed by atoms with van der Waals surface area (Å²) >= 11 is 0. The van der Waals surface area contributed by atoms with E-state index < -0.39 is 10.8 Å². The Hall–Kier alpha value is -8.20. The first kappa shape index (κ1) is 36.3. The molecule has 0 radical (unpaired) electrons. The topological polar surface area (TPSA) is 16.4 Å². The Kier molecular flexibility index (Phi) is 7.49. The van der Waals surface area contributed by atoms with Gasteiger partial charge in [0.1, 0.15) is 5.58 Å². The number of rotatable bonds is 5. The standard InChI is InChI=1S/C63H41NO/c1-62(52-26-10-5-19-44(52)45-20-6-11-27-53(45)62)57-31-15-24-50-51-25-16-32-59(61(51)65-60(50)57)64(42-35-33-41(34-36-42)40-17-3-2-4-18-40)43-37-38-49-48-23-9-14-30-56(48)63(58(49)39-43)54-28-12-7-21-46(54)47-22-8-13-29-55(47)63/h2-39H,1H3. The van der Waals surface area contributed by atoms with Gasteiger partial charge in [-0.2, -0.15) is 0 Å². The molecule has 3 aliphatic rings. The summed E-state index contributed by atoms with van der Waals surface area (Å²) in [5.41, 5.74) is 23.2. The molecule has 0 N–H and O–H groups in total. The first-order chi connectivity index (χ1) is 32.1. The third-order valence-corrected chi connectivity index (χ3v) is 15.0. The second-order valence-corrected chi connectivity index (χ2v) is 18.0. The van der Waals surface area contributed by atoms with Crippen LogP contribution in [0.25, 0.3) is 66.4 Å². The molecular weight excluding hydrogens is 787 g/mol. The zero-order chi connectivity index (χ0) is 42.9. The Labute approximate surface area is 378 Å². The van der Waals surface area contributed by atoms with Crippen molar-refractivity contribution < 1.29 is 4.42 Å². The van der Waals surface area contributed by atoms with Gasteiger partial charge in [0.2, 0.25) is 0 Å². The van der Waals surface area contributed by atoms with Gasteiger partial charge in [0, 0.05) is 33.1 Å². The quantitative estimate of drug-likeness (QED) is 0.172. The number of benzene rings is 10. The lowest BCUT2D eigenvalue weighted by molar-refractivity contribution is 0.638. The molecule has 1 heterocycles. The lowest BCUT2D eigenvalue weighted by Crippen LogP contribution is -2.26. The third kappa shape index (κ3) is 4.78. The highest BCUT2D eigenvalue weighted by molar-refractivity contribution is 6.12. The second kappa shape index (κ2) is 13.4. The molecule has 14 rings (SSSR count). The van der Waals surface area contributed by atoms with Gasteiger partial charge < -0.3 is 9.32 Å². The van der Waals surface area contributed by atoms with E-state index in [0.29, 0.717) is 0 Å². The zero-order valence-corrected chi connectivity index (χ0v) is 35.8. The van der Waals surface area contributed by atoms with E-state index in [9.17, 15) is 0 Å². The van der Waals surface area contributed by atoms with Crippen molar-refractivity contribution >= 4 is 39.0 Å². The molecule has 2 heteroatoms. The zero-order valence-electron chi connectivity index (χ0n) is 35.8. The maximum Gasteiger partial charge on any atom is 0.159 e. The second-order valence-electron chi connectivity index (χ2n) is 18.0. The van der Waals surface area contributed by atoms with Gasteiger partial charge >= 0.3 is 0 Å². The number of fused-ring (bicyclic) bond motifs is 16. The van der Waals surface area contributed by atoms with Crippen LogP contribution in [0.1, 0.15) is 45.9 Å². The predicted octanol–water partition coefficient (Wildman–Crippen LogP) is 16.4. The summed E-state index contributed by atoms with van der Waals surface area (Å²) in [4.78, 5) is 2.42. The Balaban J connectivity index is 1.02. The van der Waals surface area contributed by atoms with E-state index in [0.717, 1.165) is 39.0 Å². The van der Waals surface area contributed by atoms with Crippen LogP contribution in [-0.4, -0.2) is 0 Å². The van der Waals surface area contributed by atoms with Crippen molar-refractivity contribution in [1.82, 2.24) is 0 Å². The van der Waals surface area contributed by atoms with Crippen LogP contribution in [-0.2, 0) is 10.8 Å². The first-order valence-corrected chi connectivity index (χ1v) is 22.7. The van der Waals surface area contributed by atoms with Crippen LogP contribution >= 0.6 is 0 Å². The molecule has 0 aliphatic heterocycles. The molecule has 0 amide bonds. The fraction of sp³-hybridized carbons (Fsp3) is 0.0476. The smallest absolute Gasteiger partial charge is 0.159 e. The average molecular weight is 828 g/mol. The lowest BCUT2D eigenvalue weighted by atomic mass is 9.70. The van der Waals surface area contributed by atoms with E-state index in [1.165, 1.54) is 83.5 Å². The molecule has 0 saturated carbocycles. The predicted molar refractivity (Wildman–Crippen MR) is 268 cm³/mol. The van der Waals surface area contributed by atoms with Crippen molar-refractivity contribution in [3.8, 4) is 44.5 Å². The minimum absolute atomic E-state index is 0.412. The first-order valence-electron chi connectivity index (χ1n) is 22.7. The van der Waals surface area contributed by atoms with Crippen molar-refractivity contribution in [1.29, 1.82) is 0 Å². The van der Waals surface area contributed by atoms with Gasteiger partial charge in [-0.05, 0) is 115 Å². The summed E-state index contributed by atoms with van der Waals surface area (Å²) < 4.78 is 7.43. The van der Waals surface area contributed by atoms with Gasteiger partial charge in [0.25, 0.3) is 0 Å². The molecular formula is C63H41NO. The Morgan fingerprint density at radius 3 is 1.34 bits per heavy atom. The minimum Gasteiger partial charge on any atom is -0.454 e. The maximum absolute atomic E-state index is 7.43. The van der Waals surface area contributed by atoms with Crippen LogP contribution in [0.5, 0.6) is 0 Å². The Bertz CT molecular complexity index is 3630. The summed E-state index contributed by atoms with van der Waals surface area (Å²) in [5, 5.41) is 2.21. The number of para-hydroxylation sites is 2. The maximum atomic E-state index is 7.43. The summed E-state index contributed by atoms with van der Waals surface area (Å²) in [5.74, 6) is 0. The number of hydrogen-bond acceptors (Lipinski definition) is 2. The van der Waals surface area contributed by atoms with Crippen LogP contribution in [0.2, 0.25) is 0 Å². The van der Waals surface area contributed by atoms with Crippen LogP contribution in [0.15, 0.2) is 235 Å². The van der Waals surface area contributed by atoms with Crippen LogP contribution in [0.3, 0.4) is 0 Å². The molecule has 0 bridgehead atoms. The fourth-order valence-corrected chi connectivity index (χ4v) is 12.2. The largest absolute Gasteiger partial charge is 0.454 e. The molecule has 0 atom stereocenters. The van der Waals surface area contributed by atoms with Gasteiger partial charge in [0.15, 0.2) is 5.58 Å². The molecule has 65 heavy (non-hydrogen) atoms. The van der Waals surface area contributed by atoms with Crippen molar-refractivity contribution in [2.75, 3.05) is 4.90 Å². The fourth-order valence-electron chi connectivity index (χ4n) is 12.2. The molecule has 11 aromatic rings. The molecule has 1 aromatic heterocycles. The van der Waals surface area contributed by atoms with E-state index in [2.05, 4.69) is 242 Å². The summed E-state index contributed by atoms with van der Waals surface area (Å²) in [6.45, 7) is 2.37. The number of nitrogens with zero attached hydrogens (tertiary/aromatic N) is 1. The number of anilines is 3. The van der Waals surface area contributed by atoms with Crippen molar-refractivity contribution in [2.24, 2.45) is 0 Å². The number of furan rings is 1. The summed E-state index contributed by atoms with van der Waals surface area (Å²) in [6, 6.07) is 85.0. The van der Waals surface area contributed by atoms with Crippen LogP contribution < -0.4 is 4.90 Å². The number of hydrogen-bond donors (Lipinski definition) is 0. The SMILES string of the molecule is CC1(c2cccc3c2oc2c(N(c4ccc(-c5ccccc5)cc4)c4ccc5c(c4)C4(c6ccccc6-c6ccccc64)c4ccccc4-5)cccc23)c2ccccc2-c2ccccc21. The van der Waals surface area contributed by atoms with Gasteiger partial charge in [-0.1, -0.05) is 200 Å². The highest BCUT2D eigenvalue weighted by Crippen LogP contribution is 2.63. The molecule has 1 spiro atoms. The van der Waals surface area contributed by atoms with E-state index in [4.69, 9.17) is 4.42 Å². The van der Waals surface area contributed by atoms with Crippen molar-refractivity contribution in [3.05, 3.63) is 269 Å². The van der Waals surface area contributed by atoms with Crippen molar-refractivity contribution in [2.45, 2.75) is 17.8 Å². The van der Waals surface area contributed by atoms with Gasteiger partial charge in [-0.3, -0.25) is 0 Å². The molecule has 10 aromatic carbocycles. The van der Waals surface area contributed by atoms with Crippen LogP contribution in [0.4, 0.5) is 17.1 Å². The summed E-state index contributed by atoms with van der Waals surface area (Å²) in [7, 11) is 0. The van der Waals surface area contributed by atoms with Gasteiger partial charge in [0.05, 0.1) is 11.1 Å². The Morgan fingerprint density at radius 1 is 0.323 bits per heavy atom. The monoisotopic (exact) mass is 827 g/mol. The molecule has 304 valence electrons. The highest BCUT2D eigenvalue weighted by Gasteiger charge is 2.52. The van der Waals surface area contributed by atoms with E-state index >= 15 is 0 Å². The highest BCUT2D eigenvalue weighted by atomic mass is 16.3. The normalized spacial score (nSPS) is 14.2. The average Bonchev–Trinajstić information content (AvgIpc) is 4.08. The molecule has 0 unspecified atom stereocenters. The van der Waals surface area contributed by atoms with E-state index in [1.807, 2.05) is 0 Å². The summed E-state index contributed by atoms with van der Waals surface area (Å²) in [6.07, 6.45) is 0. The van der Waals surface area contributed by atoms with E-state index in [1.54, 1.807) is 0 Å². The molecule has 2 nitrogen and oxygen atoms in total. The van der Waals surface area contributed by atoms with Gasteiger partial charge in [-0.15, -0.1) is 0 Å². The molecule has 0 saturated heterocycles.